The lowest BCUT2D eigenvalue weighted by Gasteiger charge is -2.33. The number of rotatable bonds is 4. The molecule has 1 amide bonds. The van der Waals surface area contributed by atoms with Gasteiger partial charge in [-0.05, 0) is 43.8 Å². The van der Waals surface area contributed by atoms with Crippen LogP contribution in [0.1, 0.15) is 27.2 Å². The smallest absolute Gasteiger partial charge is 0.322 e. The average Bonchev–Trinajstić information content (AvgIpc) is 2.64. The number of alkyl halides is 3. The number of nitrogens with zero attached hydrogens (tertiary/aromatic N) is 3. The van der Waals surface area contributed by atoms with Gasteiger partial charge in [0.05, 0.1) is 11.1 Å². The summed E-state index contributed by atoms with van der Waals surface area (Å²) in [6, 6.07) is 7.23. The Morgan fingerprint density at radius 2 is 1.86 bits per heavy atom. The first kappa shape index (κ1) is 20.3. The molecule has 1 aliphatic heterocycles. The summed E-state index contributed by atoms with van der Waals surface area (Å²) in [4.78, 5) is 20.5. The van der Waals surface area contributed by atoms with E-state index < -0.39 is 17.6 Å². The third-order valence-electron chi connectivity index (χ3n) is 4.84. The maximum Gasteiger partial charge on any atom is 0.416 e. The summed E-state index contributed by atoms with van der Waals surface area (Å²) < 4.78 is 40.8. The van der Waals surface area contributed by atoms with Gasteiger partial charge in [-0.2, -0.15) is 13.2 Å². The number of benzene rings is 1. The molecule has 2 heterocycles. The SMILES string of the molecule is Cc1ccc(C(=O)Nc2ccc(CN3CCN(C)CC3)c(C(F)(F)F)c2)cn1. The summed E-state index contributed by atoms with van der Waals surface area (Å²) in [7, 11) is 2.00. The quantitative estimate of drug-likeness (QED) is 0.866. The molecule has 150 valence electrons. The number of hydrogen-bond donors (Lipinski definition) is 1. The first-order chi connectivity index (χ1) is 13.2. The van der Waals surface area contributed by atoms with Crippen molar-refractivity contribution < 1.29 is 18.0 Å². The lowest BCUT2D eigenvalue weighted by Crippen LogP contribution is -2.44. The summed E-state index contributed by atoms with van der Waals surface area (Å²) in [6.07, 6.45) is -3.09. The Labute approximate surface area is 162 Å². The Hall–Kier alpha value is -2.45. The molecule has 3 rings (SSSR count). The predicted octanol–water partition coefficient (Wildman–Crippen LogP) is 3.41. The number of amides is 1. The lowest BCUT2D eigenvalue weighted by molar-refractivity contribution is -0.138. The van der Waals surface area contributed by atoms with Gasteiger partial charge in [-0.1, -0.05) is 6.07 Å². The number of piperazine rings is 1. The van der Waals surface area contributed by atoms with Crippen LogP contribution < -0.4 is 5.32 Å². The summed E-state index contributed by atoms with van der Waals surface area (Å²) >= 11 is 0. The zero-order valence-electron chi connectivity index (χ0n) is 15.9. The topological polar surface area (TPSA) is 48.5 Å². The van der Waals surface area contributed by atoms with Crippen LogP contribution in [0.2, 0.25) is 0 Å². The molecule has 1 saturated heterocycles. The standard InChI is InChI=1S/C20H23F3N4O/c1-14-3-4-15(12-24-14)19(28)25-17-6-5-16(18(11-17)20(21,22)23)13-27-9-7-26(2)8-10-27/h3-6,11-12H,7-10,13H2,1-2H3,(H,25,28). The van der Waals surface area contributed by atoms with Crippen LogP contribution in [0.15, 0.2) is 36.5 Å². The number of nitrogens with one attached hydrogen (secondary N) is 1. The van der Waals surface area contributed by atoms with Crippen LogP contribution in [0.3, 0.4) is 0 Å². The van der Waals surface area contributed by atoms with E-state index in [0.29, 0.717) is 5.56 Å². The highest BCUT2D eigenvalue weighted by Crippen LogP contribution is 2.34. The van der Waals surface area contributed by atoms with E-state index in [9.17, 15) is 18.0 Å². The maximum absolute atomic E-state index is 13.6. The van der Waals surface area contributed by atoms with E-state index in [1.54, 1.807) is 19.1 Å². The number of anilines is 1. The molecule has 1 fully saturated rings. The van der Waals surface area contributed by atoms with Crippen molar-refractivity contribution in [3.63, 3.8) is 0 Å². The van der Waals surface area contributed by atoms with Crippen molar-refractivity contribution in [2.75, 3.05) is 38.5 Å². The molecular weight excluding hydrogens is 369 g/mol. The van der Waals surface area contributed by atoms with Gasteiger partial charge in [-0.15, -0.1) is 0 Å². The van der Waals surface area contributed by atoms with Crippen LogP contribution in [-0.4, -0.2) is 53.9 Å². The van der Waals surface area contributed by atoms with Crippen LogP contribution >= 0.6 is 0 Å². The molecule has 0 atom stereocenters. The van der Waals surface area contributed by atoms with Crippen LogP contribution in [0, 0.1) is 6.92 Å². The largest absolute Gasteiger partial charge is 0.416 e. The summed E-state index contributed by atoms with van der Waals surface area (Å²) in [6.45, 7) is 5.15. The minimum absolute atomic E-state index is 0.111. The number of carbonyl (C=O) groups is 1. The number of carbonyl (C=O) groups excluding carboxylic acids is 1. The van der Waals surface area contributed by atoms with Gasteiger partial charge in [0.2, 0.25) is 0 Å². The monoisotopic (exact) mass is 392 g/mol. The fraction of sp³-hybridized carbons (Fsp3) is 0.400. The van der Waals surface area contributed by atoms with E-state index >= 15 is 0 Å². The van der Waals surface area contributed by atoms with E-state index in [1.165, 1.54) is 18.3 Å². The molecule has 2 aromatic rings. The Kier molecular flexibility index (Phi) is 6.00. The molecule has 0 aliphatic carbocycles. The van der Waals surface area contributed by atoms with Crippen molar-refractivity contribution in [1.82, 2.24) is 14.8 Å². The molecule has 1 aliphatic rings. The summed E-state index contributed by atoms with van der Waals surface area (Å²) in [5.41, 5.74) is 0.656. The number of halogens is 3. The first-order valence-corrected chi connectivity index (χ1v) is 9.07. The van der Waals surface area contributed by atoms with Crippen molar-refractivity contribution in [2.45, 2.75) is 19.6 Å². The minimum Gasteiger partial charge on any atom is -0.322 e. The fourth-order valence-electron chi connectivity index (χ4n) is 3.11. The molecule has 0 radical (unpaired) electrons. The van der Waals surface area contributed by atoms with E-state index in [-0.39, 0.29) is 17.8 Å². The van der Waals surface area contributed by atoms with Gasteiger partial charge in [-0.25, -0.2) is 0 Å². The second-order valence-corrected chi connectivity index (χ2v) is 7.09. The van der Waals surface area contributed by atoms with E-state index in [2.05, 4.69) is 15.2 Å². The van der Waals surface area contributed by atoms with Gasteiger partial charge in [0.25, 0.3) is 5.91 Å². The second-order valence-electron chi connectivity index (χ2n) is 7.09. The number of aryl methyl sites for hydroxylation is 1. The van der Waals surface area contributed by atoms with Gasteiger partial charge >= 0.3 is 6.18 Å². The van der Waals surface area contributed by atoms with Crippen molar-refractivity contribution in [3.8, 4) is 0 Å². The highest BCUT2D eigenvalue weighted by atomic mass is 19.4. The molecule has 1 aromatic heterocycles. The van der Waals surface area contributed by atoms with Crippen molar-refractivity contribution in [2.24, 2.45) is 0 Å². The van der Waals surface area contributed by atoms with Gasteiger partial charge in [0.15, 0.2) is 0 Å². The van der Waals surface area contributed by atoms with Crippen LogP contribution in [0.25, 0.3) is 0 Å². The third kappa shape index (κ3) is 5.08. The molecule has 8 heteroatoms. The fourth-order valence-corrected chi connectivity index (χ4v) is 3.11. The maximum atomic E-state index is 13.6. The van der Waals surface area contributed by atoms with Crippen molar-refractivity contribution in [1.29, 1.82) is 0 Å². The number of likely N-dealkylation sites (N-methyl/N-ethyl adjacent to an activating group) is 1. The molecular formula is C20H23F3N4O. The van der Waals surface area contributed by atoms with E-state index in [0.717, 1.165) is 37.9 Å². The Balaban J connectivity index is 1.78. The number of pyridine rings is 1. The molecule has 5 nitrogen and oxygen atoms in total. The van der Waals surface area contributed by atoms with Crippen LogP contribution in [0.4, 0.5) is 18.9 Å². The lowest BCUT2D eigenvalue weighted by atomic mass is 10.0. The molecule has 1 aromatic carbocycles. The van der Waals surface area contributed by atoms with Crippen LogP contribution in [0.5, 0.6) is 0 Å². The van der Waals surface area contributed by atoms with E-state index in [4.69, 9.17) is 0 Å². The van der Waals surface area contributed by atoms with Gasteiger partial charge in [0.1, 0.15) is 0 Å². The Morgan fingerprint density at radius 3 is 2.46 bits per heavy atom. The molecule has 0 bridgehead atoms. The summed E-state index contributed by atoms with van der Waals surface area (Å²) in [5.74, 6) is -0.493. The predicted molar refractivity (Wildman–Crippen MR) is 101 cm³/mol. The normalized spacial score (nSPS) is 16.2. The van der Waals surface area contributed by atoms with Crippen molar-refractivity contribution in [3.05, 3.63) is 58.9 Å². The number of hydrogen-bond acceptors (Lipinski definition) is 4. The molecule has 0 spiro atoms. The molecule has 1 N–H and O–H groups in total. The zero-order chi connectivity index (χ0) is 20.3. The Morgan fingerprint density at radius 1 is 1.14 bits per heavy atom. The second kappa shape index (κ2) is 8.28. The first-order valence-electron chi connectivity index (χ1n) is 9.07. The molecule has 28 heavy (non-hydrogen) atoms. The Bertz CT molecular complexity index is 828. The molecule has 0 unspecified atom stereocenters. The van der Waals surface area contributed by atoms with Gasteiger partial charge < -0.3 is 10.2 Å². The average molecular weight is 392 g/mol. The van der Waals surface area contributed by atoms with Gasteiger partial charge in [-0.3, -0.25) is 14.7 Å². The van der Waals surface area contributed by atoms with Gasteiger partial charge in [0, 0.05) is 50.3 Å². The minimum atomic E-state index is -4.49. The highest BCUT2D eigenvalue weighted by Gasteiger charge is 2.34. The van der Waals surface area contributed by atoms with E-state index in [1.807, 2.05) is 11.9 Å². The zero-order valence-corrected chi connectivity index (χ0v) is 15.9. The summed E-state index contributed by atoms with van der Waals surface area (Å²) in [5, 5.41) is 2.53. The molecule has 0 saturated carbocycles. The third-order valence-corrected chi connectivity index (χ3v) is 4.84. The number of aromatic nitrogens is 1. The van der Waals surface area contributed by atoms with Crippen molar-refractivity contribution >= 4 is 11.6 Å². The highest BCUT2D eigenvalue weighted by molar-refractivity contribution is 6.04. The van der Waals surface area contributed by atoms with Crippen LogP contribution in [-0.2, 0) is 12.7 Å².